The van der Waals surface area contributed by atoms with Gasteiger partial charge in [-0.15, -0.1) is 0 Å². The Morgan fingerprint density at radius 2 is 2.24 bits per heavy atom. The number of carbonyl (C=O) groups excluding carboxylic acids is 1. The monoisotopic (exact) mass is 348 g/mol. The van der Waals surface area contributed by atoms with Gasteiger partial charge >= 0.3 is 0 Å². The van der Waals surface area contributed by atoms with Crippen LogP contribution in [0.3, 0.4) is 0 Å². The van der Waals surface area contributed by atoms with Crippen molar-refractivity contribution in [3.63, 3.8) is 0 Å². The molecule has 0 aliphatic carbocycles. The number of aromatic amines is 1. The fraction of sp³-hybridized carbons (Fsp3) is 0.200. The third-order valence-corrected chi connectivity index (χ3v) is 3.74. The zero-order valence-corrected chi connectivity index (χ0v) is 12.7. The lowest BCUT2D eigenvalue weighted by Crippen LogP contribution is -2.25. The molecule has 1 aromatic heterocycles. The first kappa shape index (κ1) is 13.9. The summed E-state index contributed by atoms with van der Waals surface area (Å²) in [5.41, 5.74) is 2.01. The Morgan fingerprint density at radius 3 is 3.05 bits per heavy atom. The van der Waals surface area contributed by atoms with Crippen LogP contribution in [-0.4, -0.2) is 17.5 Å². The molecule has 1 aliphatic rings. The quantitative estimate of drug-likeness (QED) is 0.891. The molecule has 108 valence electrons. The van der Waals surface area contributed by atoms with Crippen molar-refractivity contribution >= 4 is 21.8 Å². The molecule has 0 spiro atoms. The summed E-state index contributed by atoms with van der Waals surface area (Å²) in [5.74, 6) is 0.527. The Hall–Kier alpha value is -2.08. The molecule has 2 aromatic rings. The van der Waals surface area contributed by atoms with E-state index in [1.807, 2.05) is 12.1 Å². The van der Waals surface area contributed by atoms with Gasteiger partial charge in [-0.3, -0.25) is 9.59 Å². The van der Waals surface area contributed by atoms with Crippen LogP contribution in [0.1, 0.15) is 21.6 Å². The Kier molecular flexibility index (Phi) is 3.79. The topological polar surface area (TPSA) is 71.2 Å². The molecule has 21 heavy (non-hydrogen) atoms. The normalized spacial score (nSPS) is 12.6. The number of pyridine rings is 1. The molecule has 1 aromatic carbocycles. The number of rotatable bonds is 3. The standard InChI is InChI=1S/C15H13BrN2O3/c16-11-6-9-4-5-21-14(9)10(7-11)8-17-15(20)12-2-1-3-13(19)18-12/h1-3,6-7H,4-5,8H2,(H,17,20)(H,18,19). The number of nitrogens with one attached hydrogen (secondary N) is 2. The van der Waals surface area contributed by atoms with Gasteiger partial charge < -0.3 is 15.0 Å². The number of carbonyl (C=O) groups is 1. The second-order valence-electron chi connectivity index (χ2n) is 4.76. The predicted molar refractivity (Wildman–Crippen MR) is 81.6 cm³/mol. The van der Waals surface area contributed by atoms with Crippen molar-refractivity contribution in [1.29, 1.82) is 0 Å². The lowest BCUT2D eigenvalue weighted by Gasteiger charge is -2.10. The van der Waals surface area contributed by atoms with Gasteiger partial charge in [0.15, 0.2) is 0 Å². The number of benzene rings is 1. The summed E-state index contributed by atoms with van der Waals surface area (Å²) < 4.78 is 6.57. The highest BCUT2D eigenvalue weighted by Gasteiger charge is 2.18. The molecule has 2 N–H and O–H groups in total. The van der Waals surface area contributed by atoms with E-state index >= 15 is 0 Å². The molecule has 0 unspecified atom stereocenters. The second-order valence-corrected chi connectivity index (χ2v) is 5.68. The largest absolute Gasteiger partial charge is 0.493 e. The van der Waals surface area contributed by atoms with E-state index in [1.165, 1.54) is 6.07 Å². The van der Waals surface area contributed by atoms with E-state index in [2.05, 4.69) is 26.2 Å². The highest BCUT2D eigenvalue weighted by Crippen LogP contribution is 2.32. The maximum atomic E-state index is 12.0. The molecule has 1 aliphatic heterocycles. The molecule has 0 saturated carbocycles. The Morgan fingerprint density at radius 1 is 1.38 bits per heavy atom. The number of ether oxygens (including phenoxy) is 1. The Labute approximate surface area is 129 Å². The zero-order valence-electron chi connectivity index (χ0n) is 11.1. The lowest BCUT2D eigenvalue weighted by atomic mass is 10.1. The first-order valence-corrected chi connectivity index (χ1v) is 7.34. The van der Waals surface area contributed by atoms with E-state index in [4.69, 9.17) is 4.74 Å². The number of fused-ring (bicyclic) bond motifs is 1. The van der Waals surface area contributed by atoms with E-state index in [0.29, 0.717) is 13.2 Å². The maximum absolute atomic E-state index is 12.0. The highest BCUT2D eigenvalue weighted by molar-refractivity contribution is 9.10. The predicted octanol–water partition coefficient (Wildman–Crippen LogP) is 2.00. The van der Waals surface area contributed by atoms with E-state index in [9.17, 15) is 9.59 Å². The summed E-state index contributed by atoms with van der Waals surface area (Å²) in [6, 6.07) is 8.44. The van der Waals surface area contributed by atoms with Crippen molar-refractivity contribution in [2.75, 3.05) is 6.61 Å². The van der Waals surface area contributed by atoms with E-state index in [1.54, 1.807) is 12.1 Å². The van der Waals surface area contributed by atoms with Crippen molar-refractivity contribution in [1.82, 2.24) is 10.3 Å². The van der Waals surface area contributed by atoms with Gasteiger partial charge in [0.05, 0.1) is 6.61 Å². The van der Waals surface area contributed by atoms with Crippen molar-refractivity contribution in [3.8, 4) is 5.75 Å². The van der Waals surface area contributed by atoms with E-state index in [0.717, 1.165) is 27.8 Å². The average molecular weight is 349 g/mol. The molecule has 0 radical (unpaired) electrons. The molecular formula is C15H13BrN2O3. The number of hydrogen-bond acceptors (Lipinski definition) is 3. The Balaban J connectivity index is 1.77. The highest BCUT2D eigenvalue weighted by atomic mass is 79.9. The second kappa shape index (κ2) is 5.73. The summed E-state index contributed by atoms with van der Waals surface area (Å²) in [6.07, 6.45) is 0.877. The maximum Gasteiger partial charge on any atom is 0.268 e. The molecule has 3 rings (SSSR count). The molecule has 0 atom stereocenters. The van der Waals surface area contributed by atoms with Crippen LogP contribution in [0.5, 0.6) is 5.75 Å². The third-order valence-electron chi connectivity index (χ3n) is 3.28. The van der Waals surface area contributed by atoms with Gasteiger partial charge in [-0.2, -0.15) is 0 Å². The van der Waals surface area contributed by atoms with Gasteiger partial charge in [0.2, 0.25) is 5.56 Å². The van der Waals surface area contributed by atoms with E-state index < -0.39 is 0 Å². The van der Waals surface area contributed by atoms with Crippen molar-refractivity contribution in [2.24, 2.45) is 0 Å². The summed E-state index contributed by atoms with van der Waals surface area (Å²) in [5, 5.41) is 2.79. The molecule has 0 fully saturated rings. The summed E-state index contributed by atoms with van der Waals surface area (Å²) in [6.45, 7) is 1.01. The fourth-order valence-electron chi connectivity index (χ4n) is 2.33. The van der Waals surface area contributed by atoms with Crippen LogP contribution in [0.4, 0.5) is 0 Å². The number of hydrogen-bond donors (Lipinski definition) is 2. The number of halogens is 1. The fourth-order valence-corrected chi connectivity index (χ4v) is 2.88. The number of amides is 1. The molecule has 1 amide bonds. The molecule has 2 heterocycles. The van der Waals surface area contributed by atoms with Crippen LogP contribution < -0.4 is 15.6 Å². The van der Waals surface area contributed by atoms with Gasteiger partial charge in [-0.05, 0) is 23.8 Å². The first-order chi connectivity index (χ1) is 10.1. The molecule has 0 bridgehead atoms. The van der Waals surface area contributed by atoms with Crippen LogP contribution >= 0.6 is 15.9 Å². The first-order valence-electron chi connectivity index (χ1n) is 6.55. The molecule has 6 heteroatoms. The minimum atomic E-state index is -0.320. The minimum Gasteiger partial charge on any atom is -0.493 e. The smallest absolute Gasteiger partial charge is 0.268 e. The number of aromatic nitrogens is 1. The molecule has 5 nitrogen and oxygen atoms in total. The van der Waals surface area contributed by atoms with Crippen LogP contribution in [0.15, 0.2) is 39.6 Å². The summed E-state index contributed by atoms with van der Waals surface area (Å²) in [4.78, 5) is 25.7. The van der Waals surface area contributed by atoms with Gasteiger partial charge in [0.1, 0.15) is 11.4 Å². The van der Waals surface area contributed by atoms with Gasteiger partial charge in [-0.1, -0.05) is 22.0 Å². The summed E-state index contributed by atoms with van der Waals surface area (Å²) >= 11 is 3.46. The van der Waals surface area contributed by atoms with E-state index in [-0.39, 0.29) is 17.2 Å². The van der Waals surface area contributed by atoms with Crippen LogP contribution in [0, 0.1) is 0 Å². The van der Waals surface area contributed by atoms with Gasteiger partial charge in [0.25, 0.3) is 5.91 Å². The minimum absolute atomic E-state index is 0.245. The van der Waals surface area contributed by atoms with Crippen molar-refractivity contribution in [2.45, 2.75) is 13.0 Å². The van der Waals surface area contributed by atoms with Gasteiger partial charge in [-0.25, -0.2) is 0 Å². The van der Waals surface area contributed by atoms with Crippen LogP contribution in [-0.2, 0) is 13.0 Å². The lowest BCUT2D eigenvalue weighted by molar-refractivity contribution is 0.0945. The van der Waals surface area contributed by atoms with Crippen LogP contribution in [0.2, 0.25) is 0 Å². The number of H-pyrrole nitrogens is 1. The SMILES string of the molecule is O=C(NCc1cc(Br)cc2c1OCC2)c1cccc(=O)[nH]1. The van der Waals surface area contributed by atoms with Crippen molar-refractivity contribution in [3.05, 3.63) is 62.0 Å². The third kappa shape index (κ3) is 3.00. The zero-order chi connectivity index (χ0) is 14.8. The summed E-state index contributed by atoms with van der Waals surface area (Å²) in [7, 11) is 0. The molecular weight excluding hydrogens is 336 g/mol. The Bertz CT molecular complexity index is 755. The average Bonchev–Trinajstić information content (AvgIpc) is 2.92. The van der Waals surface area contributed by atoms with Gasteiger partial charge in [0, 0.05) is 29.1 Å². The van der Waals surface area contributed by atoms with Crippen molar-refractivity contribution < 1.29 is 9.53 Å². The van der Waals surface area contributed by atoms with Crippen LogP contribution in [0.25, 0.3) is 0 Å². The molecule has 0 saturated heterocycles.